The second kappa shape index (κ2) is 4.10. The van der Waals surface area contributed by atoms with E-state index in [0.717, 1.165) is 24.8 Å². The van der Waals surface area contributed by atoms with E-state index in [1.54, 1.807) is 0 Å². The minimum absolute atomic E-state index is 0.515. The number of thiophene rings is 1. The smallest absolute Gasteiger partial charge is 0.437 e. The quantitative estimate of drug-likeness (QED) is 0.748. The summed E-state index contributed by atoms with van der Waals surface area (Å²) in [7, 11) is 1.29. The van der Waals surface area contributed by atoms with Gasteiger partial charge >= 0.3 is 6.16 Å². The summed E-state index contributed by atoms with van der Waals surface area (Å²) in [5.74, 6) is 0.515. The van der Waals surface area contributed by atoms with Gasteiger partial charge in [0.25, 0.3) is 0 Å². The zero-order valence-corrected chi connectivity index (χ0v) is 9.36. The number of fused-ring (bicyclic) bond motifs is 1. The molecule has 0 bridgehead atoms. The summed E-state index contributed by atoms with van der Waals surface area (Å²) >= 11 is 1.51. The molecule has 0 aliphatic heterocycles. The van der Waals surface area contributed by atoms with Gasteiger partial charge in [0.1, 0.15) is 5.00 Å². The number of rotatable bonds is 1. The fraction of sp³-hybridized carbons (Fsp3) is 0.500. The van der Waals surface area contributed by atoms with Crippen molar-refractivity contribution in [2.45, 2.75) is 25.7 Å². The van der Waals surface area contributed by atoms with Gasteiger partial charge in [0.05, 0.1) is 7.11 Å². The van der Waals surface area contributed by atoms with Crippen molar-refractivity contribution in [3.8, 4) is 5.75 Å². The maximum absolute atomic E-state index is 11.0. The fourth-order valence-electron chi connectivity index (χ4n) is 1.80. The lowest BCUT2D eigenvalue weighted by Gasteiger charge is -2.11. The third-order valence-corrected chi connectivity index (χ3v) is 3.60. The average molecular weight is 227 g/mol. The fourth-order valence-corrected chi connectivity index (χ4v) is 2.88. The Hall–Kier alpha value is -1.23. The van der Waals surface area contributed by atoms with Crippen LogP contribution in [0, 0.1) is 0 Å². The lowest BCUT2D eigenvalue weighted by Crippen LogP contribution is -2.10. The number of nitrogen functional groups attached to an aromatic ring is 1. The van der Waals surface area contributed by atoms with Crippen LogP contribution in [0.15, 0.2) is 0 Å². The molecule has 0 aromatic carbocycles. The van der Waals surface area contributed by atoms with Gasteiger partial charge in [-0.25, -0.2) is 4.79 Å². The Kier molecular flexibility index (Phi) is 2.81. The van der Waals surface area contributed by atoms with Crippen LogP contribution in [0.2, 0.25) is 0 Å². The minimum Gasteiger partial charge on any atom is -0.437 e. The molecule has 4 nitrogen and oxygen atoms in total. The van der Waals surface area contributed by atoms with Crippen LogP contribution in [-0.2, 0) is 17.6 Å². The van der Waals surface area contributed by atoms with Gasteiger partial charge in [-0.2, -0.15) is 0 Å². The number of anilines is 1. The maximum atomic E-state index is 11.0. The van der Waals surface area contributed by atoms with Crippen LogP contribution in [0.3, 0.4) is 0 Å². The van der Waals surface area contributed by atoms with E-state index >= 15 is 0 Å². The highest BCUT2D eigenvalue weighted by Gasteiger charge is 2.22. The van der Waals surface area contributed by atoms with Crippen molar-refractivity contribution in [2.75, 3.05) is 12.8 Å². The van der Waals surface area contributed by atoms with Gasteiger partial charge in [-0.15, -0.1) is 11.3 Å². The molecule has 0 saturated heterocycles. The molecule has 2 N–H and O–H groups in total. The van der Waals surface area contributed by atoms with Crippen molar-refractivity contribution < 1.29 is 14.3 Å². The van der Waals surface area contributed by atoms with Crippen molar-refractivity contribution in [3.63, 3.8) is 0 Å². The third-order valence-electron chi connectivity index (χ3n) is 2.50. The molecule has 15 heavy (non-hydrogen) atoms. The summed E-state index contributed by atoms with van der Waals surface area (Å²) in [5, 5.41) is 0.576. The van der Waals surface area contributed by atoms with Crippen LogP contribution >= 0.6 is 11.3 Å². The summed E-state index contributed by atoms with van der Waals surface area (Å²) in [5.41, 5.74) is 6.90. The Morgan fingerprint density at radius 1 is 1.40 bits per heavy atom. The standard InChI is InChI=1S/C10H13NO3S/c1-13-10(12)14-8-6-4-2-3-5-7(6)15-9(8)11/h2-5,11H2,1H3. The highest BCUT2D eigenvalue weighted by molar-refractivity contribution is 7.16. The number of carbonyl (C=O) groups is 1. The SMILES string of the molecule is COC(=O)Oc1c(N)sc2c1CCCC2. The number of ether oxygens (including phenoxy) is 2. The number of carbonyl (C=O) groups excluding carboxylic acids is 1. The van der Waals surface area contributed by atoms with E-state index in [9.17, 15) is 4.79 Å². The van der Waals surface area contributed by atoms with Gasteiger partial charge in [-0.1, -0.05) is 0 Å². The zero-order valence-electron chi connectivity index (χ0n) is 8.54. The number of hydrogen-bond acceptors (Lipinski definition) is 5. The van der Waals surface area contributed by atoms with Crippen LogP contribution in [0.1, 0.15) is 23.3 Å². The molecule has 2 rings (SSSR count). The van der Waals surface area contributed by atoms with Gasteiger partial charge in [-0.3, -0.25) is 0 Å². The average Bonchev–Trinajstić information content (AvgIpc) is 2.55. The molecule has 0 unspecified atom stereocenters. The maximum Gasteiger partial charge on any atom is 0.513 e. The number of methoxy groups -OCH3 is 1. The molecule has 1 aliphatic carbocycles. The van der Waals surface area contributed by atoms with Crippen LogP contribution in [0.4, 0.5) is 9.80 Å². The highest BCUT2D eigenvalue weighted by Crippen LogP contribution is 2.42. The Labute approximate surface area is 92.0 Å². The van der Waals surface area contributed by atoms with E-state index in [1.165, 1.54) is 29.7 Å². The van der Waals surface area contributed by atoms with Crippen molar-refractivity contribution >= 4 is 22.5 Å². The van der Waals surface area contributed by atoms with Crippen LogP contribution in [-0.4, -0.2) is 13.3 Å². The van der Waals surface area contributed by atoms with Crippen molar-refractivity contribution in [1.82, 2.24) is 0 Å². The molecule has 82 valence electrons. The number of nitrogens with two attached hydrogens (primary N) is 1. The Morgan fingerprint density at radius 3 is 2.87 bits per heavy atom. The molecule has 5 heteroatoms. The van der Waals surface area contributed by atoms with Gasteiger partial charge in [0, 0.05) is 10.4 Å². The van der Waals surface area contributed by atoms with Gasteiger partial charge < -0.3 is 15.2 Å². The first-order valence-electron chi connectivity index (χ1n) is 4.88. The topological polar surface area (TPSA) is 61.5 Å². The van der Waals surface area contributed by atoms with E-state index in [1.807, 2.05) is 0 Å². The van der Waals surface area contributed by atoms with Crippen LogP contribution in [0.5, 0.6) is 5.75 Å². The van der Waals surface area contributed by atoms with E-state index < -0.39 is 6.16 Å². The first-order valence-corrected chi connectivity index (χ1v) is 5.70. The molecular formula is C10H13NO3S. The molecule has 0 spiro atoms. The van der Waals surface area contributed by atoms with E-state index in [4.69, 9.17) is 10.5 Å². The zero-order chi connectivity index (χ0) is 10.8. The molecule has 1 aromatic heterocycles. The first kappa shape index (κ1) is 10.3. The summed E-state index contributed by atoms with van der Waals surface area (Å²) in [4.78, 5) is 12.3. The van der Waals surface area contributed by atoms with E-state index in [-0.39, 0.29) is 0 Å². The van der Waals surface area contributed by atoms with E-state index in [0.29, 0.717) is 10.8 Å². The summed E-state index contributed by atoms with van der Waals surface area (Å²) in [6.45, 7) is 0. The second-order valence-electron chi connectivity index (χ2n) is 3.46. The Morgan fingerprint density at radius 2 is 2.13 bits per heavy atom. The molecule has 0 radical (unpaired) electrons. The molecule has 1 heterocycles. The second-order valence-corrected chi connectivity index (χ2v) is 4.60. The van der Waals surface area contributed by atoms with Gasteiger partial charge in [0.15, 0.2) is 5.75 Å². The van der Waals surface area contributed by atoms with Crippen molar-refractivity contribution in [3.05, 3.63) is 10.4 Å². The molecular weight excluding hydrogens is 214 g/mol. The highest BCUT2D eigenvalue weighted by atomic mass is 32.1. The summed E-state index contributed by atoms with van der Waals surface area (Å²) in [6, 6.07) is 0. The van der Waals surface area contributed by atoms with E-state index in [2.05, 4.69) is 4.74 Å². The molecule has 1 aliphatic rings. The van der Waals surface area contributed by atoms with Crippen LogP contribution in [0.25, 0.3) is 0 Å². The van der Waals surface area contributed by atoms with Crippen LogP contribution < -0.4 is 10.5 Å². The Balaban J connectivity index is 2.29. The lowest BCUT2D eigenvalue weighted by molar-refractivity contribution is 0.121. The Bertz CT molecular complexity index is 386. The molecule has 1 aromatic rings. The first-order chi connectivity index (χ1) is 7.22. The largest absolute Gasteiger partial charge is 0.513 e. The molecule has 0 saturated carbocycles. The molecule has 0 amide bonds. The predicted molar refractivity (Wildman–Crippen MR) is 58.4 cm³/mol. The minimum atomic E-state index is -0.701. The number of aryl methyl sites for hydroxylation is 1. The third kappa shape index (κ3) is 1.92. The molecule has 0 fully saturated rings. The van der Waals surface area contributed by atoms with Gasteiger partial charge in [0.2, 0.25) is 0 Å². The normalized spacial score (nSPS) is 14.5. The lowest BCUT2D eigenvalue weighted by atomic mass is 9.99. The van der Waals surface area contributed by atoms with Crippen molar-refractivity contribution in [2.24, 2.45) is 0 Å². The number of hydrogen-bond donors (Lipinski definition) is 1. The predicted octanol–water partition coefficient (Wildman–Crippen LogP) is 2.35. The van der Waals surface area contributed by atoms with Crippen molar-refractivity contribution in [1.29, 1.82) is 0 Å². The summed E-state index contributed by atoms with van der Waals surface area (Å²) in [6.07, 6.45) is 3.59. The monoisotopic (exact) mass is 227 g/mol. The summed E-state index contributed by atoms with van der Waals surface area (Å²) < 4.78 is 9.51. The molecule has 0 atom stereocenters. The van der Waals surface area contributed by atoms with Gasteiger partial charge in [-0.05, 0) is 25.7 Å².